The minimum absolute atomic E-state index is 0.228. The molecule has 2 amide bonds. The van der Waals surface area contributed by atoms with Gasteiger partial charge in [-0.2, -0.15) is 0 Å². The van der Waals surface area contributed by atoms with E-state index in [0.29, 0.717) is 30.5 Å². The molecular formula is C20H21ClN4O2. The molecule has 3 rings (SSSR count). The number of fused-ring (bicyclic) bond motifs is 1. The first-order valence-corrected chi connectivity index (χ1v) is 9.41. The fourth-order valence-electron chi connectivity index (χ4n) is 2.86. The van der Waals surface area contributed by atoms with Crippen molar-refractivity contribution in [3.05, 3.63) is 46.8 Å². The number of carbonyl (C=O) groups excluding carboxylic acids is 2. The van der Waals surface area contributed by atoms with Crippen molar-refractivity contribution in [1.29, 1.82) is 0 Å². The van der Waals surface area contributed by atoms with Crippen LogP contribution < -0.4 is 10.6 Å². The Hall–Kier alpha value is -2.78. The summed E-state index contributed by atoms with van der Waals surface area (Å²) in [7, 11) is 0. The highest BCUT2D eigenvalue weighted by Gasteiger charge is 2.34. The molecule has 0 saturated heterocycles. The third-order valence-corrected chi connectivity index (χ3v) is 4.43. The van der Waals surface area contributed by atoms with Crippen molar-refractivity contribution in [2.24, 2.45) is 4.99 Å². The standard InChI is InChI=1S/C20H21ClN4O2/c1-2-11-22-17-14(13-23-20(21)24-17)8-4-3-7-12-25-18(26)15-9-5-6-10-16(15)19(25)27/h5-6,9-10,13,20,22,24H,2-3,7,11-12H2,1H3. The smallest absolute Gasteiger partial charge is 0.261 e. The van der Waals surface area contributed by atoms with Crippen molar-refractivity contribution in [3.8, 4) is 11.8 Å². The predicted molar refractivity (Wildman–Crippen MR) is 105 cm³/mol. The van der Waals surface area contributed by atoms with E-state index in [1.807, 2.05) is 0 Å². The lowest BCUT2D eigenvalue weighted by Crippen LogP contribution is -2.35. The number of nitrogens with one attached hydrogen (secondary N) is 2. The summed E-state index contributed by atoms with van der Waals surface area (Å²) in [5.41, 5.74) is 1.21. The van der Waals surface area contributed by atoms with E-state index in [1.165, 1.54) is 4.90 Å². The largest absolute Gasteiger partial charge is 0.371 e. The molecule has 7 heteroatoms. The number of hydrogen-bond donors (Lipinski definition) is 2. The van der Waals surface area contributed by atoms with Gasteiger partial charge in [0.2, 0.25) is 0 Å². The Bertz CT molecular complexity index is 831. The SMILES string of the molecule is CCCNC1=C(C#CCCCN2C(=O)c3ccccc3C2=O)C=NC(Cl)N1. The van der Waals surface area contributed by atoms with Gasteiger partial charge in [0.1, 0.15) is 5.82 Å². The molecule has 2 aliphatic heterocycles. The molecule has 1 unspecified atom stereocenters. The minimum atomic E-state index is -0.497. The third-order valence-electron chi connectivity index (χ3n) is 4.20. The number of amides is 2. The van der Waals surface area contributed by atoms with Crippen molar-refractivity contribution in [3.63, 3.8) is 0 Å². The first kappa shape index (κ1) is 19.0. The molecule has 6 nitrogen and oxygen atoms in total. The second-order valence-corrected chi connectivity index (χ2v) is 6.60. The molecule has 2 heterocycles. The maximum atomic E-state index is 12.3. The van der Waals surface area contributed by atoms with Gasteiger partial charge in [0.15, 0.2) is 5.62 Å². The van der Waals surface area contributed by atoms with E-state index >= 15 is 0 Å². The quantitative estimate of drug-likeness (QED) is 0.260. The molecule has 2 aliphatic rings. The Morgan fingerprint density at radius 2 is 1.96 bits per heavy atom. The summed E-state index contributed by atoms with van der Waals surface area (Å²) in [5.74, 6) is 6.48. The van der Waals surface area contributed by atoms with Gasteiger partial charge >= 0.3 is 0 Å². The molecule has 0 spiro atoms. The zero-order chi connectivity index (χ0) is 19.2. The Morgan fingerprint density at radius 3 is 2.63 bits per heavy atom. The van der Waals surface area contributed by atoms with Crippen LogP contribution in [0.15, 0.2) is 40.7 Å². The summed E-state index contributed by atoms with van der Waals surface area (Å²) in [4.78, 5) is 30.0. The number of imide groups is 1. The minimum Gasteiger partial charge on any atom is -0.371 e. The summed E-state index contributed by atoms with van der Waals surface area (Å²) in [6, 6.07) is 6.91. The fraction of sp³-hybridized carbons (Fsp3) is 0.350. The van der Waals surface area contributed by atoms with Crippen LogP contribution in [-0.2, 0) is 0 Å². The molecule has 27 heavy (non-hydrogen) atoms. The number of carbonyl (C=O) groups is 2. The van der Waals surface area contributed by atoms with Crippen LogP contribution in [0, 0.1) is 11.8 Å². The van der Waals surface area contributed by atoms with Crippen LogP contribution in [-0.4, -0.2) is 41.6 Å². The summed E-state index contributed by atoms with van der Waals surface area (Å²) >= 11 is 5.98. The van der Waals surface area contributed by atoms with E-state index in [1.54, 1.807) is 30.5 Å². The highest BCUT2D eigenvalue weighted by Crippen LogP contribution is 2.22. The van der Waals surface area contributed by atoms with Crippen LogP contribution in [0.5, 0.6) is 0 Å². The second kappa shape index (κ2) is 8.74. The summed E-state index contributed by atoms with van der Waals surface area (Å²) in [5, 5.41) is 6.30. The molecule has 2 N–H and O–H groups in total. The molecule has 0 bridgehead atoms. The molecule has 0 aromatic heterocycles. The van der Waals surface area contributed by atoms with E-state index in [4.69, 9.17) is 11.6 Å². The van der Waals surface area contributed by atoms with E-state index in [9.17, 15) is 9.59 Å². The van der Waals surface area contributed by atoms with Crippen molar-refractivity contribution < 1.29 is 9.59 Å². The van der Waals surface area contributed by atoms with Crippen molar-refractivity contribution >= 4 is 29.6 Å². The maximum Gasteiger partial charge on any atom is 0.261 e. The number of benzene rings is 1. The number of unbranched alkanes of at least 4 members (excludes halogenated alkanes) is 1. The maximum absolute atomic E-state index is 12.3. The number of aliphatic imine (C=N–C) groups is 1. The Kier molecular flexibility index (Phi) is 6.15. The van der Waals surface area contributed by atoms with Crippen LogP contribution in [0.25, 0.3) is 0 Å². The molecule has 1 aromatic rings. The molecule has 1 atom stereocenters. The van der Waals surface area contributed by atoms with Crippen LogP contribution in [0.4, 0.5) is 0 Å². The zero-order valence-electron chi connectivity index (χ0n) is 15.1. The van der Waals surface area contributed by atoms with Gasteiger partial charge in [-0.3, -0.25) is 19.5 Å². The van der Waals surface area contributed by atoms with Gasteiger partial charge in [-0.15, -0.1) is 0 Å². The highest BCUT2D eigenvalue weighted by atomic mass is 35.5. The number of rotatable bonds is 6. The van der Waals surface area contributed by atoms with Crippen LogP contribution >= 0.6 is 11.6 Å². The number of halogens is 1. The van der Waals surface area contributed by atoms with Crippen LogP contribution in [0.1, 0.15) is 46.9 Å². The molecular weight excluding hydrogens is 364 g/mol. The van der Waals surface area contributed by atoms with E-state index in [2.05, 4.69) is 34.4 Å². The predicted octanol–water partition coefficient (Wildman–Crippen LogP) is 2.47. The third kappa shape index (κ3) is 4.32. The Labute approximate surface area is 163 Å². The van der Waals surface area contributed by atoms with Crippen molar-refractivity contribution in [2.45, 2.75) is 31.8 Å². The number of hydrogen-bond acceptors (Lipinski definition) is 5. The van der Waals surface area contributed by atoms with Gasteiger partial charge in [-0.1, -0.05) is 42.5 Å². The number of allylic oxidation sites excluding steroid dienone is 1. The highest BCUT2D eigenvalue weighted by molar-refractivity contribution is 6.21. The number of nitrogens with zero attached hydrogens (tertiary/aromatic N) is 2. The normalized spacial score (nSPS) is 18.1. The van der Waals surface area contributed by atoms with Crippen molar-refractivity contribution in [1.82, 2.24) is 15.5 Å². The molecule has 140 valence electrons. The summed E-state index contributed by atoms with van der Waals surface area (Å²) in [6.07, 6.45) is 3.82. The molecule has 0 aliphatic carbocycles. The van der Waals surface area contributed by atoms with E-state index < -0.39 is 5.62 Å². The number of alkyl halides is 1. The lowest BCUT2D eigenvalue weighted by atomic mass is 10.1. The van der Waals surface area contributed by atoms with E-state index in [-0.39, 0.29) is 11.8 Å². The second-order valence-electron chi connectivity index (χ2n) is 6.19. The average Bonchev–Trinajstić information content (AvgIpc) is 2.92. The van der Waals surface area contributed by atoms with Crippen LogP contribution in [0.3, 0.4) is 0 Å². The molecule has 0 saturated carbocycles. The van der Waals surface area contributed by atoms with Gasteiger partial charge in [0, 0.05) is 25.7 Å². The molecule has 0 radical (unpaired) electrons. The first-order valence-electron chi connectivity index (χ1n) is 8.98. The van der Waals surface area contributed by atoms with E-state index in [0.717, 1.165) is 24.4 Å². The molecule has 1 aromatic carbocycles. The Morgan fingerprint density at radius 1 is 1.26 bits per heavy atom. The topological polar surface area (TPSA) is 73.8 Å². The van der Waals surface area contributed by atoms with Gasteiger partial charge in [-0.25, -0.2) is 0 Å². The monoisotopic (exact) mass is 384 g/mol. The average molecular weight is 385 g/mol. The van der Waals surface area contributed by atoms with Gasteiger partial charge < -0.3 is 10.6 Å². The van der Waals surface area contributed by atoms with Gasteiger partial charge in [-0.05, 0) is 25.0 Å². The Balaban J connectivity index is 1.56. The van der Waals surface area contributed by atoms with Crippen molar-refractivity contribution in [2.75, 3.05) is 13.1 Å². The lowest BCUT2D eigenvalue weighted by Gasteiger charge is -2.19. The van der Waals surface area contributed by atoms with Gasteiger partial charge in [0.25, 0.3) is 11.8 Å². The first-order chi connectivity index (χ1) is 13.1. The van der Waals surface area contributed by atoms with Gasteiger partial charge in [0.05, 0.1) is 16.7 Å². The molecule has 0 fully saturated rings. The summed E-state index contributed by atoms with van der Waals surface area (Å²) < 4.78 is 0. The fourth-order valence-corrected chi connectivity index (χ4v) is 3.02. The lowest BCUT2D eigenvalue weighted by molar-refractivity contribution is 0.0653. The van der Waals surface area contributed by atoms with Crippen LogP contribution in [0.2, 0.25) is 0 Å². The summed E-state index contributed by atoms with van der Waals surface area (Å²) in [6.45, 7) is 3.25. The zero-order valence-corrected chi connectivity index (χ0v) is 15.8.